The van der Waals surface area contributed by atoms with Crippen LogP contribution in [0.2, 0.25) is 0 Å². The number of anilines is 1. The topological polar surface area (TPSA) is 67.8 Å². The summed E-state index contributed by atoms with van der Waals surface area (Å²) in [6.45, 7) is 8.50. The Labute approximate surface area is 170 Å². The summed E-state index contributed by atoms with van der Waals surface area (Å²) in [4.78, 5) is 24.8. The summed E-state index contributed by atoms with van der Waals surface area (Å²) in [5, 5.41) is 0. The molecule has 0 bridgehead atoms. The minimum absolute atomic E-state index is 0.274. The van der Waals surface area contributed by atoms with E-state index in [4.69, 9.17) is 9.47 Å². The van der Waals surface area contributed by atoms with E-state index < -0.39 is 5.60 Å². The summed E-state index contributed by atoms with van der Waals surface area (Å²) in [6, 6.07) is 6.16. The van der Waals surface area contributed by atoms with Gasteiger partial charge < -0.3 is 19.3 Å². The zero-order valence-electron chi connectivity index (χ0n) is 17.1. The van der Waals surface area contributed by atoms with E-state index in [2.05, 4.69) is 9.97 Å². The van der Waals surface area contributed by atoms with Crippen molar-refractivity contribution in [3.63, 3.8) is 0 Å². The number of benzene rings is 1. The lowest BCUT2D eigenvalue weighted by Gasteiger charge is -2.26. The summed E-state index contributed by atoms with van der Waals surface area (Å²) >= 11 is 0. The zero-order chi connectivity index (χ0) is 20.9. The Balaban J connectivity index is 1.53. The van der Waals surface area contributed by atoms with Gasteiger partial charge in [0.25, 0.3) is 0 Å². The Morgan fingerprint density at radius 3 is 2.41 bits per heavy atom. The predicted molar refractivity (Wildman–Crippen MR) is 107 cm³/mol. The molecule has 8 heteroatoms. The van der Waals surface area contributed by atoms with Crippen LogP contribution in [0.5, 0.6) is 5.75 Å². The first kappa shape index (κ1) is 20.8. The molecule has 2 heterocycles. The van der Waals surface area contributed by atoms with E-state index in [0.29, 0.717) is 37.9 Å². The van der Waals surface area contributed by atoms with Crippen LogP contribution in [0.4, 0.5) is 15.1 Å². The molecule has 1 aliphatic rings. The quantitative estimate of drug-likeness (QED) is 0.778. The molecule has 2 aromatic rings. The molecule has 0 atom stereocenters. The summed E-state index contributed by atoms with van der Waals surface area (Å²) in [5.41, 5.74) is 0.362. The standard InChI is InChI=1S/C21H27FN4O3/c1-21(2,3)29-20(27)26-10-4-9-25(11-12-26)19-23-13-18(14-24-19)28-15-16-5-7-17(22)8-6-16/h5-8,13-14H,4,9-12,15H2,1-3H3. The summed E-state index contributed by atoms with van der Waals surface area (Å²) in [5.74, 6) is 0.873. The molecule has 0 aliphatic carbocycles. The van der Waals surface area contributed by atoms with Gasteiger partial charge in [-0.15, -0.1) is 0 Å². The van der Waals surface area contributed by atoms with Gasteiger partial charge in [-0.2, -0.15) is 0 Å². The maximum atomic E-state index is 12.9. The van der Waals surface area contributed by atoms with Crippen molar-refractivity contribution in [1.29, 1.82) is 0 Å². The fourth-order valence-corrected chi connectivity index (χ4v) is 2.92. The van der Waals surface area contributed by atoms with Crippen LogP contribution in [0.25, 0.3) is 0 Å². The molecule has 3 rings (SSSR count). The molecule has 7 nitrogen and oxygen atoms in total. The minimum atomic E-state index is -0.504. The highest BCUT2D eigenvalue weighted by Crippen LogP contribution is 2.17. The molecular weight excluding hydrogens is 375 g/mol. The van der Waals surface area contributed by atoms with Crippen molar-refractivity contribution in [2.75, 3.05) is 31.1 Å². The summed E-state index contributed by atoms with van der Waals surface area (Å²) in [6.07, 6.45) is 3.78. The van der Waals surface area contributed by atoms with Crippen molar-refractivity contribution >= 4 is 12.0 Å². The second-order valence-corrected chi connectivity index (χ2v) is 7.94. The average molecular weight is 402 g/mol. The Morgan fingerprint density at radius 2 is 1.76 bits per heavy atom. The summed E-state index contributed by atoms with van der Waals surface area (Å²) in [7, 11) is 0. The van der Waals surface area contributed by atoms with E-state index >= 15 is 0 Å². The minimum Gasteiger partial charge on any atom is -0.486 e. The van der Waals surface area contributed by atoms with Gasteiger partial charge in [0, 0.05) is 26.2 Å². The number of hydrogen-bond acceptors (Lipinski definition) is 6. The van der Waals surface area contributed by atoms with Crippen LogP contribution in [0.1, 0.15) is 32.8 Å². The summed E-state index contributed by atoms with van der Waals surface area (Å²) < 4.78 is 24.1. The molecule has 0 unspecified atom stereocenters. The second-order valence-electron chi connectivity index (χ2n) is 7.94. The molecule has 0 radical (unpaired) electrons. The van der Waals surface area contributed by atoms with Crippen molar-refractivity contribution in [2.45, 2.75) is 39.4 Å². The lowest BCUT2D eigenvalue weighted by atomic mass is 10.2. The Kier molecular flexibility index (Phi) is 6.51. The van der Waals surface area contributed by atoms with Gasteiger partial charge in [0.15, 0.2) is 5.75 Å². The van der Waals surface area contributed by atoms with Crippen LogP contribution >= 0.6 is 0 Å². The number of nitrogens with zero attached hydrogens (tertiary/aromatic N) is 4. The molecule has 29 heavy (non-hydrogen) atoms. The van der Waals surface area contributed by atoms with Crippen LogP contribution in [-0.4, -0.2) is 52.7 Å². The third-order valence-corrected chi connectivity index (χ3v) is 4.36. The van der Waals surface area contributed by atoms with Crippen molar-refractivity contribution in [3.8, 4) is 5.75 Å². The third-order valence-electron chi connectivity index (χ3n) is 4.36. The SMILES string of the molecule is CC(C)(C)OC(=O)N1CCCN(c2ncc(OCc3ccc(F)cc3)cn2)CC1. The molecule has 0 saturated carbocycles. The van der Waals surface area contributed by atoms with E-state index in [0.717, 1.165) is 18.5 Å². The van der Waals surface area contributed by atoms with Crippen molar-refractivity contribution in [2.24, 2.45) is 0 Å². The van der Waals surface area contributed by atoms with Gasteiger partial charge in [-0.3, -0.25) is 0 Å². The van der Waals surface area contributed by atoms with Gasteiger partial charge in [0.05, 0.1) is 12.4 Å². The smallest absolute Gasteiger partial charge is 0.410 e. The highest BCUT2D eigenvalue weighted by atomic mass is 19.1. The number of carbonyl (C=O) groups is 1. The molecule has 0 N–H and O–H groups in total. The molecule has 1 aliphatic heterocycles. The Bertz CT molecular complexity index is 806. The first-order valence-electron chi connectivity index (χ1n) is 9.72. The number of hydrogen-bond donors (Lipinski definition) is 0. The molecule has 1 aromatic heterocycles. The molecule has 1 aromatic carbocycles. The number of rotatable bonds is 4. The van der Waals surface area contributed by atoms with Crippen LogP contribution < -0.4 is 9.64 Å². The fraction of sp³-hybridized carbons (Fsp3) is 0.476. The molecular formula is C21H27FN4O3. The molecule has 0 spiro atoms. The predicted octanol–water partition coefficient (Wildman–Crippen LogP) is 3.64. The number of halogens is 1. The van der Waals surface area contributed by atoms with Crippen molar-refractivity contribution in [1.82, 2.24) is 14.9 Å². The lowest BCUT2D eigenvalue weighted by molar-refractivity contribution is 0.0263. The van der Waals surface area contributed by atoms with E-state index in [-0.39, 0.29) is 11.9 Å². The van der Waals surface area contributed by atoms with Gasteiger partial charge >= 0.3 is 6.09 Å². The number of carbonyl (C=O) groups excluding carboxylic acids is 1. The molecule has 1 fully saturated rings. The van der Waals surface area contributed by atoms with Crippen molar-refractivity contribution in [3.05, 3.63) is 48.0 Å². The number of ether oxygens (including phenoxy) is 2. The van der Waals surface area contributed by atoms with E-state index in [1.807, 2.05) is 25.7 Å². The Morgan fingerprint density at radius 1 is 1.07 bits per heavy atom. The molecule has 156 valence electrons. The first-order chi connectivity index (χ1) is 13.8. The van der Waals surface area contributed by atoms with Gasteiger partial charge in [0.1, 0.15) is 18.0 Å². The normalized spacial score (nSPS) is 15.0. The van der Waals surface area contributed by atoms with E-state index in [1.54, 1.807) is 29.4 Å². The highest BCUT2D eigenvalue weighted by molar-refractivity contribution is 5.68. The molecule has 1 amide bonds. The van der Waals surface area contributed by atoms with Gasteiger partial charge in [-0.05, 0) is 44.9 Å². The third kappa shape index (κ3) is 6.30. The van der Waals surface area contributed by atoms with Gasteiger partial charge in [-0.25, -0.2) is 19.2 Å². The van der Waals surface area contributed by atoms with Crippen LogP contribution in [-0.2, 0) is 11.3 Å². The highest BCUT2D eigenvalue weighted by Gasteiger charge is 2.25. The van der Waals surface area contributed by atoms with Crippen LogP contribution in [0.15, 0.2) is 36.7 Å². The lowest BCUT2D eigenvalue weighted by Crippen LogP contribution is -2.39. The number of amides is 1. The second kappa shape index (κ2) is 9.07. The molecule has 1 saturated heterocycles. The average Bonchev–Trinajstić information content (AvgIpc) is 2.93. The first-order valence-corrected chi connectivity index (χ1v) is 9.72. The van der Waals surface area contributed by atoms with Crippen molar-refractivity contribution < 1.29 is 18.7 Å². The maximum Gasteiger partial charge on any atom is 0.410 e. The van der Waals surface area contributed by atoms with E-state index in [9.17, 15) is 9.18 Å². The fourth-order valence-electron chi connectivity index (χ4n) is 2.92. The number of aromatic nitrogens is 2. The maximum absolute atomic E-state index is 12.9. The Hall–Kier alpha value is -2.90. The monoisotopic (exact) mass is 402 g/mol. The van der Waals surface area contributed by atoms with Gasteiger partial charge in [-0.1, -0.05) is 12.1 Å². The zero-order valence-corrected chi connectivity index (χ0v) is 17.1. The largest absolute Gasteiger partial charge is 0.486 e. The van der Waals surface area contributed by atoms with Crippen LogP contribution in [0, 0.1) is 5.82 Å². The van der Waals surface area contributed by atoms with E-state index in [1.165, 1.54) is 12.1 Å². The van der Waals surface area contributed by atoms with Gasteiger partial charge in [0.2, 0.25) is 5.95 Å². The van der Waals surface area contributed by atoms with Crippen LogP contribution in [0.3, 0.4) is 0 Å².